The zero-order chi connectivity index (χ0) is 16.4. The third kappa shape index (κ3) is 4.08. The summed E-state index contributed by atoms with van der Waals surface area (Å²) in [5, 5.41) is 9.28. The van der Waals surface area contributed by atoms with E-state index in [1.807, 2.05) is 31.2 Å². The number of anilines is 1. The van der Waals surface area contributed by atoms with Gasteiger partial charge in [-0.25, -0.2) is 0 Å². The van der Waals surface area contributed by atoms with Gasteiger partial charge in [-0.05, 0) is 62.4 Å². The van der Waals surface area contributed by atoms with Gasteiger partial charge in [-0.15, -0.1) is 12.4 Å². The van der Waals surface area contributed by atoms with Crippen LogP contribution in [0.5, 0.6) is 0 Å². The lowest BCUT2D eigenvalue weighted by molar-refractivity contribution is -0.124. The molecule has 24 heavy (non-hydrogen) atoms. The van der Waals surface area contributed by atoms with Gasteiger partial charge < -0.3 is 16.0 Å². The van der Waals surface area contributed by atoms with Crippen molar-refractivity contribution in [3.63, 3.8) is 0 Å². The van der Waals surface area contributed by atoms with Crippen molar-refractivity contribution in [2.45, 2.75) is 39.2 Å². The molecular weight excluding hydrogens is 326 g/mol. The number of nitrogens with one attached hydrogen (secondary N) is 3. The average Bonchev–Trinajstić information content (AvgIpc) is 3.21. The first-order valence-corrected chi connectivity index (χ1v) is 8.39. The summed E-state index contributed by atoms with van der Waals surface area (Å²) in [4.78, 5) is 23.7. The van der Waals surface area contributed by atoms with Crippen molar-refractivity contribution in [3.05, 3.63) is 29.8 Å². The fourth-order valence-electron chi connectivity index (χ4n) is 3.68. The monoisotopic (exact) mass is 351 g/mol. The third-order valence-electron chi connectivity index (χ3n) is 5.17. The van der Waals surface area contributed by atoms with Gasteiger partial charge in [0.15, 0.2) is 0 Å². The van der Waals surface area contributed by atoms with Crippen molar-refractivity contribution in [2.24, 2.45) is 11.3 Å². The highest BCUT2D eigenvalue weighted by Crippen LogP contribution is 2.58. The molecule has 6 heteroatoms. The Morgan fingerprint density at radius 3 is 2.67 bits per heavy atom. The summed E-state index contributed by atoms with van der Waals surface area (Å²) >= 11 is 0. The minimum Gasteiger partial charge on any atom is -0.349 e. The highest BCUT2D eigenvalue weighted by atomic mass is 35.5. The molecule has 2 fully saturated rings. The maximum atomic E-state index is 12.5. The Hall–Kier alpha value is -1.59. The van der Waals surface area contributed by atoms with Gasteiger partial charge in [-0.2, -0.15) is 0 Å². The lowest BCUT2D eigenvalue weighted by Crippen LogP contribution is -2.34. The summed E-state index contributed by atoms with van der Waals surface area (Å²) < 4.78 is 0. The Kier molecular flexibility index (Phi) is 5.88. The molecule has 5 nitrogen and oxygen atoms in total. The lowest BCUT2D eigenvalue weighted by Gasteiger charge is -2.24. The highest BCUT2D eigenvalue weighted by Gasteiger charge is 2.57. The van der Waals surface area contributed by atoms with Crippen molar-refractivity contribution in [1.29, 1.82) is 0 Å². The zero-order valence-electron chi connectivity index (χ0n) is 14.2. The second kappa shape index (κ2) is 7.53. The lowest BCUT2D eigenvalue weighted by atomic mass is 9.91. The summed E-state index contributed by atoms with van der Waals surface area (Å²) in [7, 11) is 0. The van der Waals surface area contributed by atoms with Crippen LogP contribution in [0, 0.1) is 11.3 Å². The number of rotatable bonds is 4. The number of carbonyl (C=O) groups excluding carboxylic acids is 2. The van der Waals surface area contributed by atoms with E-state index in [2.05, 4.69) is 16.0 Å². The number of piperidine rings is 1. The number of halogens is 1. The van der Waals surface area contributed by atoms with E-state index in [4.69, 9.17) is 0 Å². The predicted octanol–water partition coefficient (Wildman–Crippen LogP) is 2.63. The minimum absolute atomic E-state index is 0. The summed E-state index contributed by atoms with van der Waals surface area (Å²) in [6.07, 6.45) is 3.24. The number of amides is 2. The molecule has 2 aliphatic rings. The predicted molar refractivity (Wildman–Crippen MR) is 97.2 cm³/mol. The Morgan fingerprint density at radius 2 is 2.00 bits per heavy atom. The second-order valence-corrected chi connectivity index (χ2v) is 6.91. The van der Waals surface area contributed by atoms with Crippen LogP contribution in [0.2, 0.25) is 0 Å². The molecular formula is C18H26ClN3O2. The van der Waals surface area contributed by atoms with Crippen LogP contribution in [0.1, 0.15) is 44.7 Å². The summed E-state index contributed by atoms with van der Waals surface area (Å²) in [5.74, 6) is 0.250. The van der Waals surface area contributed by atoms with E-state index in [9.17, 15) is 9.59 Å². The van der Waals surface area contributed by atoms with Crippen LogP contribution < -0.4 is 16.0 Å². The van der Waals surface area contributed by atoms with Crippen LogP contribution in [0.15, 0.2) is 24.3 Å². The smallest absolute Gasteiger partial charge is 0.224 e. The maximum absolute atomic E-state index is 12.5. The SMILES string of the molecule is CC(=O)Nc1cccc(C(C)NC(=O)C2CC23CCNCC3)c1.Cl. The molecule has 3 rings (SSSR count). The Balaban J connectivity index is 0.00000208. The van der Waals surface area contributed by atoms with Crippen molar-refractivity contribution < 1.29 is 9.59 Å². The van der Waals surface area contributed by atoms with Crippen LogP contribution in [-0.4, -0.2) is 24.9 Å². The standard InChI is InChI=1S/C18H25N3O2.ClH/c1-12(14-4-3-5-15(10-14)21-13(2)22)20-17(23)16-11-18(16)6-8-19-9-7-18;/h3-5,10,12,16,19H,6-9,11H2,1-2H3,(H,20,23)(H,21,22);1H. The molecule has 1 spiro atoms. The molecule has 1 heterocycles. The Bertz CT molecular complexity index is 614. The first-order chi connectivity index (χ1) is 11.0. The molecule has 1 saturated heterocycles. The molecule has 0 aromatic heterocycles. The van der Waals surface area contributed by atoms with E-state index in [0.717, 1.165) is 43.6 Å². The van der Waals surface area contributed by atoms with E-state index in [0.29, 0.717) is 0 Å². The summed E-state index contributed by atoms with van der Waals surface area (Å²) in [6, 6.07) is 7.58. The number of hydrogen-bond donors (Lipinski definition) is 3. The molecule has 132 valence electrons. The molecule has 1 aliphatic heterocycles. The molecule has 0 radical (unpaired) electrons. The number of carbonyl (C=O) groups is 2. The molecule has 1 aliphatic carbocycles. The van der Waals surface area contributed by atoms with Crippen LogP contribution in [0.3, 0.4) is 0 Å². The van der Waals surface area contributed by atoms with Crippen molar-refractivity contribution in [2.75, 3.05) is 18.4 Å². The van der Waals surface area contributed by atoms with E-state index in [1.165, 1.54) is 6.92 Å². The zero-order valence-corrected chi connectivity index (χ0v) is 15.0. The van der Waals surface area contributed by atoms with E-state index in [-0.39, 0.29) is 41.6 Å². The summed E-state index contributed by atoms with van der Waals surface area (Å²) in [5.41, 5.74) is 2.02. The minimum atomic E-state index is -0.0929. The van der Waals surface area contributed by atoms with Crippen LogP contribution >= 0.6 is 12.4 Å². The van der Waals surface area contributed by atoms with Crippen LogP contribution in [0.25, 0.3) is 0 Å². The molecule has 0 bridgehead atoms. The fourth-order valence-corrected chi connectivity index (χ4v) is 3.68. The van der Waals surface area contributed by atoms with Crippen molar-refractivity contribution >= 4 is 29.9 Å². The quantitative estimate of drug-likeness (QED) is 0.781. The van der Waals surface area contributed by atoms with Crippen LogP contribution in [-0.2, 0) is 9.59 Å². The molecule has 1 saturated carbocycles. The van der Waals surface area contributed by atoms with Gasteiger partial charge in [-0.1, -0.05) is 12.1 Å². The van der Waals surface area contributed by atoms with Gasteiger partial charge in [0, 0.05) is 18.5 Å². The van der Waals surface area contributed by atoms with Gasteiger partial charge in [0.25, 0.3) is 0 Å². The molecule has 3 N–H and O–H groups in total. The first-order valence-electron chi connectivity index (χ1n) is 8.39. The van der Waals surface area contributed by atoms with Gasteiger partial charge in [-0.3, -0.25) is 9.59 Å². The summed E-state index contributed by atoms with van der Waals surface area (Å²) in [6.45, 7) is 5.53. The van der Waals surface area contributed by atoms with Gasteiger partial charge in [0.05, 0.1) is 6.04 Å². The van der Waals surface area contributed by atoms with Gasteiger partial charge >= 0.3 is 0 Å². The average molecular weight is 352 g/mol. The fraction of sp³-hybridized carbons (Fsp3) is 0.556. The first kappa shape index (κ1) is 18.7. The molecule has 2 unspecified atom stereocenters. The number of benzene rings is 1. The normalized spacial score (nSPS) is 22.2. The maximum Gasteiger partial charge on any atom is 0.224 e. The van der Waals surface area contributed by atoms with Crippen molar-refractivity contribution in [3.8, 4) is 0 Å². The number of hydrogen-bond acceptors (Lipinski definition) is 3. The largest absolute Gasteiger partial charge is 0.349 e. The van der Waals surface area contributed by atoms with E-state index >= 15 is 0 Å². The molecule has 2 atom stereocenters. The highest BCUT2D eigenvalue weighted by molar-refractivity contribution is 5.88. The third-order valence-corrected chi connectivity index (χ3v) is 5.17. The Morgan fingerprint density at radius 1 is 1.29 bits per heavy atom. The molecule has 2 amide bonds. The van der Waals surface area contributed by atoms with E-state index < -0.39 is 0 Å². The van der Waals surface area contributed by atoms with E-state index in [1.54, 1.807) is 0 Å². The molecule has 1 aromatic carbocycles. The topological polar surface area (TPSA) is 70.2 Å². The van der Waals surface area contributed by atoms with Gasteiger partial charge in [0.2, 0.25) is 11.8 Å². The Labute approximate surface area is 149 Å². The van der Waals surface area contributed by atoms with Crippen LogP contribution in [0.4, 0.5) is 5.69 Å². The second-order valence-electron chi connectivity index (χ2n) is 6.91. The van der Waals surface area contributed by atoms with Crippen molar-refractivity contribution in [1.82, 2.24) is 10.6 Å². The molecule has 1 aromatic rings. The van der Waals surface area contributed by atoms with Gasteiger partial charge in [0.1, 0.15) is 0 Å².